The van der Waals surface area contributed by atoms with Crippen molar-refractivity contribution in [1.29, 1.82) is 0 Å². The number of anilines is 3. The van der Waals surface area contributed by atoms with E-state index in [1.807, 2.05) is 22.7 Å². The molecule has 2 aromatic heterocycles. The van der Waals surface area contributed by atoms with Gasteiger partial charge in [0.05, 0.1) is 5.69 Å². The van der Waals surface area contributed by atoms with Crippen LogP contribution in [0.4, 0.5) is 17.1 Å². The fraction of sp³-hybridized carbons (Fsp3) is 0. The van der Waals surface area contributed by atoms with Crippen LogP contribution in [-0.2, 0) is 0 Å². The monoisotopic (exact) mass is 735 g/mol. The average molecular weight is 736 g/mol. The van der Waals surface area contributed by atoms with Crippen LogP contribution in [0.3, 0.4) is 0 Å². The summed E-state index contributed by atoms with van der Waals surface area (Å²) in [5.74, 6) is 0. The van der Waals surface area contributed by atoms with Crippen molar-refractivity contribution in [3.05, 3.63) is 200 Å². The van der Waals surface area contributed by atoms with Crippen LogP contribution in [0, 0.1) is 0 Å². The summed E-state index contributed by atoms with van der Waals surface area (Å²) in [6, 6.07) is 73.6. The molecule has 0 spiro atoms. The zero-order valence-electron chi connectivity index (χ0n) is 29.8. The molecule has 0 N–H and O–H groups in total. The minimum atomic E-state index is 1.11. The number of rotatable bonds is 6. The van der Waals surface area contributed by atoms with Crippen molar-refractivity contribution >= 4 is 90.9 Å². The van der Waals surface area contributed by atoms with Crippen LogP contribution in [0.25, 0.3) is 84.5 Å². The lowest BCUT2D eigenvalue weighted by Gasteiger charge is -2.29. The third-order valence-corrected chi connectivity index (χ3v) is 13.1. The molecule has 0 fully saturated rings. The van der Waals surface area contributed by atoms with Crippen LogP contribution in [-0.4, -0.2) is 0 Å². The van der Waals surface area contributed by atoms with Crippen molar-refractivity contribution in [2.75, 3.05) is 4.90 Å². The summed E-state index contributed by atoms with van der Waals surface area (Å²) < 4.78 is 5.27. The number of fused-ring (bicyclic) bond motifs is 7. The van der Waals surface area contributed by atoms with Crippen LogP contribution in [0.2, 0.25) is 0 Å². The Morgan fingerprint density at radius 1 is 0.291 bits per heavy atom. The van der Waals surface area contributed by atoms with E-state index in [-0.39, 0.29) is 0 Å². The molecule has 0 saturated heterocycles. The van der Waals surface area contributed by atoms with E-state index < -0.39 is 0 Å². The Kier molecular flexibility index (Phi) is 7.61. The molecule has 0 atom stereocenters. The van der Waals surface area contributed by atoms with Gasteiger partial charge < -0.3 is 4.90 Å². The molecule has 0 saturated carbocycles. The van der Waals surface area contributed by atoms with Crippen LogP contribution in [0.5, 0.6) is 0 Å². The molecule has 0 radical (unpaired) electrons. The molecule has 0 unspecified atom stereocenters. The van der Waals surface area contributed by atoms with E-state index in [1.54, 1.807) is 0 Å². The lowest BCUT2D eigenvalue weighted by Crippen LogP contribution is -2.11. The first kappa shape index (κ1) is 32.0. The number of hydrogen-bond acceptors (Lipinski definition) is 3. The predicted octanol–water partition coefficient (Wildman–Crippen LogP) is 16.0. The molecule has 9 aromatic carbocycles. The third-order valence-electron chi connectivity index (χ3n) is 10.8. The van der Waals surface area contributed by atoms with Crippen LogP contribution >= 0.6 is 22.7 Å². The largest absolute Gasteiger partial charge is 0.310 e. The second-order valence-electron chi connectivity index (χ2n) is 14.1. The number of hydrogen-bond donors (Lipinski definition) is 0. The predicted molar refractivity (Wildman–Crippen MR) is 241 cm³/mol. The van der Waals surface area contributed by atoms with Crippen LogP contribution in [0.15, 0.2) is 200 Å². The summed E-state index contributed by atoms with van der Waals surface area (Å²) in [6.07, 6.45) is 0. The molecule has 258 valence electrons. The maximum atomic E-state index is 2.44. The smallest absolute Gasteiger partial charge is 0.0540 e. The van der Waals surface area contributed by atoms with Crippen LogP contribution < -0.4 is 4.90 Å². The van der Waals surface area contributed by atoms with Crippen molar-refractivity contribution in [2.24, 2.45) is 0 Å². The van der Waals surface area contributed by atoms with Gasteiger partial charge in [-0.25, -0.2) is 0 Å². The highest BCUT2D eigenvalue weighted by Crippen LogP contribution is 2.45. The maximum Gasteiger partial charge on any atom is 0.0540 e. The van der Waals surface area contributed by atoms with Crippen molar-refractivity contribution in [3.63, 3.8) is 0 Å². The fourth-order valence-electron chi connectivity index (χ4n) is 8.16. The van der Waals surface area contributed by atoms with Gasteiger partial charge in [0.25, 0.3) is 0 Å². The first-order chi connectivity index (χ1) is 27.2. The molecule has 2 heterocycles. The second-order valence-corrected chi connectivity index (χ2v) is 16.3. The third kappa shape index (κ3) is 5.60. The fourth-order valence-corrected chi connectivity index (χ4v) is 10.4. The molecule has 3 heteroatoms. The standard InChI is InChI=1S/C52H33NS2/c1-2-12-35-29-38(24-23-34(35)11-1)36-13-9-15-41(30-36)53(42-16-10-14-37(31-42)39-26-28-51-47(32-39)45-19-5-8-22-50(45)54-51)48-20-6-3-17-43(48)40-25-27-46-44-18-4-7-21-49(44)55-52(46)33-40/h1-33H. The Morgan fingerprint density at radius 3 is 1.62 bits per heavy atom. The topological polar surface area (TPSA) is 3.24 Å². The van der Waals surface area contributed by atoms with Crippen molar-refractivity contribution in [3.8, 4) is 33.4 Å². The Bertz CT molecular complexity index is 3240. The molecule has 0 aliphatic rings. The quantitative estimate of drug-likeness (QED) is 0.164. The second kappa shape index (κ2) is 13.1. The summed E-state index contributed by atoms with van der Waals surface area (Å²) in [7, 11) is 0. The van der Waals surface area contributed by atoms with Gasteiger partial charge >= 0.3 is 0 Å². The lowest BCUT2D eigenvalue weighted by molar-refractivity contribution is 1.28. The molecule has 11 aromatic rings. The van der Waals surface area contributed by atoms with Gasteiger partial charge in [-0.3, -0.25) is 0 Å². The van der Waals surface area contributed by atoms with Gasteiger partial charge in [-0.15, -0.1) is 22.7 Å². The van der Waals surface area contributed by atoms with Gasteiger partial charge in [0.1, 0.15) is 0 Å². The Balaban J connectivity index is 1.09. The maximum absolute atomic E-state index is 2.44. The lowest BCUT2D eigenvalue weighted by atomic mass is 9.98. The summed E-state index contributed by atoms with van der Waals surface area (Å²) in [5, 5.41) is 7.75. The van der Waals surface area contributed by atoms with Gasteiger partial charge in [-0.05, 0) is 105 Å². The molecule has 0 bridgehead atoms. The Hall–Kier alpha value is -6.52. The molecule has 0 aliphatic carbocycles. The Morgan fingerprint density at radius 2 is 0.836 bits per heavy atom. The minimum absolute atomic E-state index is 1.11. The van der Waals surface area contributed by atoms with Crippen molar-refractivity contribution < 1.29 is 0 Å². The highest BCUT2D eigenvalue weighted by atomic mass is 32.1. The SMILES string of the molecule is c1cc(-c2ccc3ccccc3c2)cc(N(c2cccc(-c3ccc4sc5ccccc5c4c3)c2)c2ccccc2-c2ccc3c(c2)sc2ccccc23)c1. The van der Waals surface area contributed by atoms with Crippen LogP contribution in [0.1, 0.15) is 0 Å². The van der Waals surface area contributed by atoms with E-state index in [0.717, 1.165) is 17.1 Å². The molecule has 11 rings (SSSR count). The van der Waals surface area contributed by atoms with Gasteiger partial charge in [0.15, 0.2) is 0 Å². The zero-order valence-corrected chi connectivity index (χ0v) is 31.4. The minimum Gasteiger partial charge on any atom is -0.310 e. The Labute approximate surface area is 327 Å². The average Bonchev–Trinajstić information content (AvgIpc) is 3.82. The summed E-state index contributed by atoms with van der Waals surface area (Å²) in [4.78, 5) is 2.44. The highest BCUT2D eigenvalue weighted by Gasteiger charge is 2.19. The number of benzene rings is 9. The van der Waals surface area contributed by atoms with E-state index in [0.29, 0.717) is 0 Å². The number of para-hydroxylation sites is 1. The van der Waals surface area contributed by atoms with Gasteiger partial charge in [0.2, 0.25) is 0 Å². The summed E-state index contributed by atoms with van der Waals surface area (Å²) in [5.41, 5.74) is 10.5. The van der Waals surface area contributed by atoms with E-state index in [1.165, 1.54) is 84.5 Å². The van der Waals surface area contributed by atoms with Crippen molar-refractivity contribution in [1.82, 2.24) is 0 Å². The van der Waals surface area contributed by atoms with E-state index in [9.17, 15) is 0 Å². The molecule has 55 heavy (non-hydrogen) atoms. The van der Waals surface area contributed by atoms with Gasteiger partial charge in [0, 0.05) is 57.3 Å². The number of nitrogens with zero attached hydrogens (tertiary/aromatic N) is 1. The first-order valence-electron chi connectivity index (χ1n) is 18.7. The number of thiophene rings is 2. The van der Waals surface area contributed by atoms with E-state index >= 15 is 0 Å². The molecule has 1 nitrogen and oxygen atoms in total. The van der Waals surface area contributed by atoms with Gasteiger partial charge in [-0.2, -0.15) is 0 Å². The first-order valence-corrected chi connectivity index (χ1v) is 20.3. The van der Waals surface area contributed by atoms with Gasteiger partial charge in [-0.1, -0.05) is 133 Å². The molecular formula is C52H33NS2. The van der Waals surface area contributed by atoms with E-state index in [2.05, 4.69) is 205 Å². The normalized spacial score (nSPS) is 11.6. The van der Waals surface area contributed by atoms with E-state index in [4.69, 9.17) is 0 Å². The summed E-state index contributed by atoms with van der Waals surface area (Å²) in [6.45, 7) is 0. The molecular weight excluding hydrogens is 703 g/mol. The summed E-state index contributed by atoms with van der Waals surface area (Å²) >= 11 is 3.73. The van der Waals surface area contributed by atoms with Crippen molar-refractivity contribution in [2.45, 2.75) is 0 Å². The molecule has 0 amide bonds. The zero-order chi connectivity index (χ0) is 36.3. The highest BCUT2D eigenvalue weighted by molar-refractivity contribution is 7.26. The molecule has 0 aliphatic heterocycles.